The third kappa shape index (κ3) is 2.47. The normalized spacial score (nSPS) is 11.7. The summed E-state index contributed by atoms with van der Waals surface area (Å²) >= 11 is 1.68. The van der Waals surface area contributed by atoms with E-state index in [1.165, 1.54) is 5.69 Å². The third-order valence-corrected chi connectivity index (χ3v) is 4.81. The summed E-state index contributed by atoms with van der Waals surface area (Å²) < 4.78 is 2.01. The summed E-state index contributed by atoms with van der Waals surface area (Å²) in [6, 6.07) is 8.32. The van der Waals surface area contributed by atoms with Crippen LogP contribution in [0.3, 0.4) is 0 Å². The van der Waals surface area contributed by atoms with Crippen LogP contribution in [-0.2, 0) is 13.0 Å². The van der Waals surface area contributed by atoms with Gasteiger partial charge >= 0.3 is 0 Å². The maximum Gasteiger partial charge on any atom is 0.212 e. The molecule has 3 aromatic rings. The molecule has 5 heteroatoms. The Balaban J connectivity index is 2.11. The van der Waals surface area contributed by atoms with Crippen LogP contribution in [-0.4, -0.2) is 14.6 Å². The number of imidazole rings is 1. The Morgan fingerprint density at radius 1 is 1.24 bits per heavy atom. The van der Waals surface area contributed by atoms with Gasteiger partial charge in [-0.3, -0.25) is 0 Å². The van der Waals surface area contributed by atoms with Crippen molar-refractivity contribution in [2.75, 3.05) is 0 Å². The van der Waals surface area contributed by atoms with E-state index in [0.717, 1.165) is 33.2 Å². The standard InChI is InChI=1S/C16H20N4S/c1-4-13-14(12-7-5-11(9-17)6-8-12)18-16-20(13)19-15(21-16)10(2)3/h5-8,10H,4,9,17H2,1-3H3. The van der Waals surface area contributed by atoms with Crippen molar-refractivity contribution >= 4 is 16.3 Å². The highest BCUT2D eigenvalue weighted by molar-refractivity contribution is 7.16. The van der Waals surface area contributed by atoms with Gasteiger partial charge in [-0.25, -0.2) is 9.50 Å². The molecular formula is C16H20N4S. The molecule has 3 rings (SSSR count). The van der Waals surface area contributed by atoms with E-state index in [-0.39, 0.29) is 0 Å². The number of nitrogens with two attached hydrogens (primary N) is 1. The first-order valence-electron chi connectivity index (χ1n) is 7.31. The summed E-state index contributed by atoms with van der Waals surface area (Å²) in [6.45, 7) is 7.04. The Labute approximate surface area is 128 Å². The van der Waals surface area contributed by atoms with Gasteiger partial charge in [0, 0.05) is 18.0 Å². The fourth-order valence-electron chi connectivity index (χ4n) is 2.39. The molecule has 1 aromatic carbocycles. The average Bonchev–Trinajstić information content (AvgIpc) is 3.04. The number of aryl methyl sites for hydroxylation is 1. The van der Waals surface area contributed by atoms with Crippen LogP contribution in [0, 0.1) is 0 Å². The first kappa shape index (κ1) is 14.2. The number of rotatable bonds is 4. The largest absolute Gasteiger partial charge is 0.326 e. The molecule has 0 aliphatic rings. The van der Waals surface area contributed by atoms with E-state index in [4.69, 9.17) is 15.8 Å². The van der Waals surface area contributed by atoms with Crippen LogP contribution >= 0.6 is 11.3 Å². The summed E-state index contributed by atoms with van der Waals surface area (Å²) in [5.74, 6) is 0.439. The monoisotopic (exact) mass is 300 g/mol. The van der Waals surface area contributed by atoms with Crippen LogP contribution in [0.4, 0.5) is 0 Å². The van der Waals surface area contributed by atoms with Crippen LogP contribution in [0.15, 0.2) is 24.3 Å². The van der Waals surface area contributed by atoms with E-state index in [2.05, 4.69) is 45.0 Å². The number of aromatic nitrogens is 3. The molecule has 0 spiro atoms. The second kappa shape index (κ2) is 5.58. The SMILES string of the molecule is CCc1c(-c2ccc(CN)cc2)nc2sc(C(C)C)nn12. The molecule has 0 atom stereocenters. The molecule has 0 saturated carbocycles. The van der Waals surface area contributed by atoms with Crippen molar-refractivity contribution in [2.24, 2.45) is 5.73 Å². The van der Waals surface area contributed by atoms with Crippen molar-refractivity contribution in [3.8, 4) is 11.3 Å². The van der Waals surface area contributed by atoms with Gasteiger partial charge in [-0.15, -0.1) is 0 Å². The molecule has 2 N–H and O–H groups in total. The highest BCUT2D eigenvalue weighted by Crippen LogP contribution is 2.29. The van der Waals surface area contributed by atoms with Crippen molar-refractivity contribution in [1.82, 2.24) is 14.6 Å². The number of benzene rings is 1. The second-order valence-electron chi connectivity index (χ2n) is 5.45. The summed E-state index contributed by atoms with van der Waals surface area (Å²) in [7, 11) is 0. The molecule has 0 aliphatic heterocycles. The Kier molecular flexibility index (Phi) is 3.78. The summed E-state index contributed by atoms with van der Waals surface area (Å²) in [6.07, 6.45) is 0.913. The Hall–Kier alpha value is -1.72. The Bertz CT molecular complexity index is 753. The van der Waals surface area contributed by atoms with Gasteiger partial charge in [-0.1, -0.05) is 56.4 Å². The molecule has 0 bridgehead atoms. The maximum atomic E-state index is 5.66. The third-order valence-electron chi connectivity index (χ3n) is 3.60. The van der Waals surface area contributed by atoms with Gasteiger partial charge in [0.15, 0.2) is 0 Å². The first-order valence-corrected chi connectivity index (χ1v) is 8.13. The number of fused-ring (bicyclic) bond motifs is 1. The lowest BCUT2D eigenvalue weighted by molar-refractivity contribution is 0.782. The molecule has 0 aliphatic carbocycles. The minimum atomic E-state index is 0.439. The first-order chi connectivity index (χ1) is 10.1. The molecule has 0 saturated heterocycles. The quantitative estimate of drug-likeness (QED) is 0.801. The van der Waals surface area contributed by atoms with E-state index >= 15 is 0 Å². The smallest absolute Gasteiger partial charge is 0.212 e. The topological polar surface area (TPSA) is 56.2 Å². The van der Waals surface area contributed by atoms with Gasteiger partial charge in [0.1, 0.15) is 5.01 Å². The van der Waals surface area contributed by atoms with E-state index in [0.29, 0.717) is 12.5 Å². The lowest BCUT2D eigenvalue weighted by Crippen LogP contribution is -1.97. The molecule has 0 radical (unpaired) electrons. The zero-order chi connectivity index (χ0) is 15.0. The Morgan fingerprint density at radius 2 is 1.95 bits per heavy atom. The average molecular weight is 300 g/mol. The molecule has 0 unspecified atom stereocenters. The van der Waals surface area contributed by atoms with Gasteiger partial charge in [0.2, 0.25) is 4.96 Å². The summed E-state index contributed by atoms with van der Waals surface area (Å²) in [5.41, 5.74) is 10.1. The molecule has 0 fully saturated rings. The van der Waals surface area contributed by atoms with Crippen LogP contribution in [0.1, 0.15) is 43.0 Å². The maximum absolute atomic E-state index is 5.66. The summed E-state index contributed by atoms with van der Waals surface area (Å²) in [5, 5.41) is 5.85. The molecule has 4 nitrogen and oxygen atoms in total. The Morgan fingerprint density at radius 3 is 2.52 bits per heavy atom. The zero-order valence-corrected chi connectivity index (χ0v) is 13.4. The molecule has 21 heavy (non-hydrogen) atoms. The van der Waals surface area contributed by atoms with Crippen LogP contribution in [0.5, 0.6) is 0 Å². The van der Waals surface area contributed by atoms with Crippen molar-refractivity contribution in [1.29, 1.82) is 0 Å². The van der Waals surface area contributed by atoms with E-state index in [1.807, 2.05) is 4.52 Å². The van der Waals surface area contributed by atoms with Gasteiger partial charge in [-0.2, -0.15) is 5.10 Å². The highest BCUT2D eigenvalue weighted by Gasteiger charge is 2.17. The highest BCUT2D eigenvalue weighted by atomic mass is 32.1. The van der Waals surface area contributed by atoms with Gasteiger partial charge < -0.3 is 5.73 Å². The van der Waals surface area contributed by atoms with Crippen molar-refractivity contribution in [3.05, 3.63) is 40.5 Å². The van der Waals surface area contributed by atoms with Crippen LogP contribution in [0.2, 0.25) is 0 Å². The number of hydrogen-bond donors (Lipinski definition) is 1. The lowest BCUT2D eigenvalue weighted by atomic mass is 10.1. The molecule has 0 amide bonds. The fourth-order valence-corrected chi connectivity index (χ4v) is 3.31. The summed E-state index contributed by atoms with van der Waals surface area (Å²) in [4.78, 5) is 5.78. The zero-order valence-electron chi connectivity index (χ0n) is 12.6. The molecule has 2 heterocycles. The molecular weight excluding hydrogens is 280 g/mol. The van der Waals surface area contributed by atoms with Gasteiger partial charge in [0.25, 0.3) is 0 Å². The molecule has 110 valence electrons. The predicted molar refractivity (Wildman–Crippen MR) is 87.7 cm³/mol. The predicted octanol–water partition coefficient (Wildman–Crippen LogP) is 3.60. The minimum absolute atomic E-state index is 0.439. The van der Waals surface area contributed by atoms with Crippen molar-refractivity contribution < 1.29 is 0 Å². The van der Waals surface area contributed by atoms with E-state index < -0.39 is 0 Å². The molecule has 2 aromatic heterocycles. The minimum Gasteiger partial charge on any atom is -0.326 e. The number of hydrogen-bond acceptors (Lipinski definition) is 4. The fraction of sp³-hybridized carbons (Fsp3) is 0.375. The van der Waals surface area contributed by atoms with E-state index in [1.54, 1.807) is 11.3 Å². The van der Waals surface area contributed by atoms with Crippen LogP contribution in [0.25, 0.3) is 16.2 Å². The van der Waals surface area contributed by atoms with Crippen molar-refractivity contribution in [3.63, 3.8) is 0 Å². The van der Waals surface area contributed by atoms with Crippen molar-refractivity contribution in [2.45, 2.75) is 39.7 Å². The van der Waals surface area contributed by atoms with Crippen LogP contribution < -0.4 is 5.73 Å². The number of nitrogens with zero attached hydrogens (tertiary/aromatic N) is 3. The van der Waals surface area contributed by atoms with Gasteiger partial charge in [-0.05, 0) is 12.0 Å². The lowest BCUT2D eigenvalue weighted by Gasteiger charge is -2.03. The second-order valence-corrected chi connectivity index (χ2v) is 6.44. The van der Waals surface area contributed by atoms with E-state index in [9.17, 15) is 0 Å². The van der Waals surface area contributed by atoms with Gasteiger partial charge in [0.05, 0.1) is 11.4 Å².